The standard InChI is InChI=1S/C28H37N3O6/c1-3-5-14-31(37-15-4-2)26(32)18-30-17-22(20-9-12-24-25(16-20)36-19-35-24)27(28(33)34)23(30)11-10-21-8-6-7-13-29-21/h6-9,12-13,16,22-23,27H,3-5,10-11,14-15,17-19H2,1-2H3,(H,33,34)/t22?,23-,27+/m1/s1. The first-order valence-electron chi connectivity index (χ1n) is 13.2. The van der Waals surface area contributed by atoms with Crippen molar-refractivity contribution in [3.63, 3.8) is 0 Å². The molecule has 1 fully saturated rings. The van der Waals surface area contributed by atoms with Gasteiger partial charge in [-0.2, -0.15) is 0 Å². The topological polar surface area (TPSA) is 101 Å². The minimum atomic E-state index is -0.867. The molecule has 1 N–H and O–H groups in total. The van der Waals surface area contributed by atoms with E-state index in [0.717, 1.165) is 30.5 Å². The molecule has 1 unspecified atom stereocenters. The van der Waals surface area contributed by atoms with Crippen LogP contribution < -0.4 is 9.47 Å². The average Bonchev–Trinajstić information content (AvgIpc) is 3.52. The van der Waals surface area contributed by atoms with Crippen LogP contribution in [-0.2, 0) is 20.8 Å². The van der Waals surface area contributed by atoms with Gasteiger partial charge in [-0.15, -0.1) is 0 Å². The number of hydrogen-bond acceptors (Lipinski definition) is 7. The molecule has 1 amide bonds. The fraction of sp³-hybridized carbons (Fsp3) is 0.536. The SMILES string of the molecule is CCCCN(OCCC)C(=O)CN1CC(c2ccc3c(c2)OCO3)[C@H](C(=O)O)[C@H]1CCc1ccccn1. The van der Waals surface area contributed by atoms with Gasteiger partial charge in [0.05, 0.1) is 19.1 Å². The number of pyridine rings is 1. The maximum Gasteiger partial charge on any atom is 0.308 e. The molecule has 0 radical (unpaired) electrons. The molecule has 200 valence electrons. The molecule has 1 aromatic heterocycles. The van der Waals surface area contributed by atoms with E-state index in [9.17, 15) is 14.7 Å². The van der Waals surface area contributed by atoms with Crippen LogP contribution in [0.5, 0.6) is 11.5 Å². The van der Waals surface area contributed by atoms with Crippen molar-refractivity contribution in [2.45, 2.75) is 57.9 Å². The highest BCUT2D eigenvalue weighted by atomic mass is 16.7. The summed E-state index contributed by atoms with van der Waals surface area (Å²) in [6.07, 6.45) is 5.54. The first-order chi connectivity index (χ1) is 18.0. The summed E-state index contributed by atoms with van der Waals surface area (Å²) in [6, 6.07) is 11.0. The minimum absolute atomic E-state index is 0.102. The summed E-state index contributed by atoms with van der Waals surface area (Å²) in [5.74, 6) is -0.701. The van der Waals surface area contributed by atoms with Crippen molar-refractivity contribution in [1.29, 1.82) is 0 Å². The van der Waals surface area contributed by atoms with Gasteiger partial charge in [0, 0.05) is 36.9 Å². The van der Waals surface area contributed by atoms with Gasteiger partial charge < -0.3 is 14.6 Å². The van der Waals surface area contributed by atoms with Crippen LogP contribution in [0.4, 0.5) is 0 Å². The van der Waals surface area contributed by atoms with E-state index >= 15 is 0 Å². The van der Waals surface area contributed by atoms with Gasteiger partial charge in [0.15, 0.2) is 11.5 Å². The Morgan fingerprint density at radius 2 is 2.00 bits per heavy atom. The highest BCUT2D eigenvalue weighted by Crippen LogP contribution is 2.43. The number of carboxylic acid groups (broad SMARTS) is 1. The summed E-state index contributed by atoms with van der Waals surface area (Å²) in [6.45, 7) is 5.78. The molecular formula is C28H37N3O6. The first-order valence-corrected chi connectivity index (χ1v) is 13.2. The normalized spacial score (nSPS) is 20.8. The van der Waals surface area contributed by atoms with E-state index < -0.39 is 11.9 Å². The van der Waals surface area contributed by atoms with Gasteiger partial charge in [-0.3, -0.25) is 24.3 Å². The predicted octanol–water partition coefficient (Wildman–Crippen LogP) is 3.88. The number of aryl methyl sites for hydroxylation is 1. The minimum Gasteiger partial charge on any atom is -0.481 e. The summed E-state index contributed by atoms with van der Waals surface area (Å²) < 4.78 is 11.0. The molecule has 1 aromatic carbocycles. The van der Waals surface area contributed by atoms with E-state index in [0.29, 0.717) is 44.0 Å². The first kappa shape index (κ1) is 26.9. The van der Waals surface area contributed by atoms with Gasteiger partial charge in [0.1, 0.15) is 0 Å². The fourth-order valence-corrected chi connectivity index (χ4v) is 5.19. The van der Waals surface area contributed by atoms with Crippen LogP contribution in [0.15, 0.2) is 42.6 Å². The summed E-state index contributed by atoms with van der Waals surface area (Å²) in [7, 11) is 0. The molecule has 1 saturated heterocycles. The molecule has 2 aromatic rings. The zero-order chi connectivity index (χ0) is 26.2. The van der Waals surface area contributed by atoms with Crippen molar-refractivity contribution < 1.29 is 29.0 Å². The number of nitrogens with zero attached hydrogens (tertiary/aromatic N) is 3. The van der Waals surface area contributed by atoms with Crippen molar-refractivity contribution in [1.82, 2.24) is 14.9 Å². The Labute approximate surface area is 218 Å². The number of aromatic nitrogens is 1. The Hall–Kier alpha value is -3.17. The third-order valence-corrected chi connectivity index (χ3v) is 7.06. The van der Waals surface area contributed by atoms with Gasteiger partial charge in [0.2, 0.25) is 6.79 Å². The molecular weight excluding hydrogens is 474 g/mol. The number of unbranched alkanes of at least 4 members (excludes halogenated alkanes) is 1. The Balaban J connectivity index is 1.59. The molecule has 2 aliphatic heterocycles. The van der Waals surface area contributed by atoms with Crippen LogP contribution >= 0.6 is 0 Å². The number of carbonyl (C=O) groups is 2. The van der Waals surface area contributed by atoms with Crippen LogP contribution in [0.25, 0.3) is 0 Å². The highest BCUT2D eigenvalue weighted by molar-refractivity contribution is 5.78. The van der Waals surface area contributed by atoms with E-state index in [1.807, 2.05) is 48.2 Å². The fourth-order valence-electron chi connectivity index (χ4n) is 5.19. The number of amides is 1. The number of aliphatic carboxylic acids is 1. The zero-order valence-corrected chi connectivity index (χ0v) is 21.7. The lowest BCUT2D eigenvalue weighted by Gasteiger charge is -2.29. The third-order valence-electron chi connectivity index (χ3n) is 7.06. The van der Waals surface area contributed by atoms with Gasteiger partial charge in [-0.05, 0) is 55.5 Å². The molecule has 0 aliphatic carbocycles. The summed E-state index contributed by atoms with van der Waals surface area (Å²) in [5, 5.41) is 11.8. The predicted molar refractivity (Wildman–Crippen MR) is 137 cm³/mol. The number of hydrogen-bond donors (Lipinski definition) is 1. The quantitative estimate of drug-likeness (QED) is 0.405. The monoisotopic (exact) mass is 511 g/mol. The maximum atomic E-state index is 13.4. The second kappa shape index (κ2) is 12.9. The molecule has 0 bridgehead atoms. The molecule has 2 aliphatic rings. The van der Waals surface area contributed by atoms with Gasteiger partial charge in [-0.25, -0.2) is 5.06 Å². The molecule has 0 saturated carbocycles. The Morgan fingerprint density at radius 3 is 2.73 bits per heavy atom. The number of rotatable bonds is 13. The lowest BCUT2D eigenvalue weighted by atomic mass is 9.83. The lowest BCUT2D eigenvalue weighted by Crippen LogP contribution is -2.44. The Morgan fingerprint density at radius 1 is 1.16 bits per heavy atom. The maximum absolute atomic E-state index is 13.4. The van der Waals surface area contributed by atoms with Crippen LogP contribution in [0.2, 0.25) is 0 Å². The average molecular weight is 512 g/mol. The van der Waals surface area contributed by atoms with E-state index in [-0.39, 0.29) is 31.2 Å². The highest BCUT2D eigenvalue weighted by Gasteiger charge is 2.47. The van der Waals surface area contributed by atoms with Gasteiger partial charge in [0.25, 0.3) is 5.91 Å². The van der Waals surface area contributed by atoms with Crippen molar-refractivity contribution in [2.75, 3.05) is 33.0 Å². The van der Waals surface area contributed by atoms with Crippen LogP contribution in [0.3, 0.4) is 0 Å². The lowest BCUT2D eigenvalue weighted by molar-refractivity contribution is -0.188. The molecule has 0 spiro atoms. The van der Waals surface area contributed by atoms with Crippen molar-refractivity contribution >= 4 is 11.9 Å². The van der Waals surface area contributed by atoms with E-state index in [4.69, 9.17) is 14.3 Å². The number of benzene rings is 1. The zero-order valence-electron chi connectivity index (χ0n) is 21.7. The Bertz CT molecular complexity index is 1040. The second-order valence-electron chi connectivity index (χ2n) is 9.62. The summed E-state index contributed by atoms with van der Waals surface area (Å²) in [4.78, 5) is 38.2. The van der Waals surface area contributed by atoms with Crippen molar-refractivity contribution in [2.24, 2.45) is 5.92 Å². The second-order valence-corrected chi connectivity index (χ2v) is 9.62. The molecule has 4 rings (SSSR count). The van der Waals surface area contributed by atoms with E-state index in [1.165, 1.54) is 5.06 Å². The van der Waals surface area contributed by atoms with Gasteiger partial charge >= 0.3 is 5.97 Å². The van der Waals surface area contributed by atoms with Crippen molar-refractivity contribution in [3.8, 4) is 11.5 Å². The number of likely N-dealkylation sites (tertiary alicyclic amines) is 1. The molecule has 3 atom stereocenters. The molecule has 37 heavy (non-hydrogen) atoms. The number of hydroxylamine groups is 2. The van der Waals surface area contributed by atoms with Gasteiger partial charge in [-0.1, -0.05) is 32.4 Å². The number of carbonyl (C=O) groups excluding carboxylic acids is 1. The van der Waals surface area contributed by atoms with Crippen LogP contribution in [-0.4, -0.2) is 71.0 Å². The number of fused-ring (bicyclic) bond motifs is 1. The third kappa shape index (κ3) is 6.59. The summed E-state index contributed by atoms with van der Waals surface area (Å²) in [5.41, 5.74) is 1.78. The van der Waals surface area contributed by atoms with E-state index in [1.54, 1.807) is 6.20 Å². The molecule has 3 heterocycles. The van der Waals surface area contributed by atoms with Crippen molar-refractivity contribution in [3.05, 3.63) is 53.9 Å². The smallest absolute Gasteiger partial charge is 0.308 e. The largest absolute Gasteiger partial charge is 0.481 e. The summed E-state index contributed by atoms with van der Waals surface area (Å²) >= 11 is 0. The molecule has 9 nitrogen and oxygen atoms in total. The van der Waals surface area contributed by atoms with Crippen LogP contribution in [0, 0.1) is 5.92 Å². The van der Waals surface area contributed by atoms with Crippen LogP contribution in [0.1, 0.15) is 56.7 Å². The molecule has 9 heteroatoms. The number of carboxylic acids is 1. The van der Waals surface area contributed by atoms with E-state index in [2.05, 4.69) is 11.9 Å². The Kier molecular flexibility index (Phi) is 9.35. The number of ether oxygens (including phenoxy) is 2.